The van der Waals surface area contributed by atoms with Crippen molar-refractivity contribution in [1.82, 2.24) is 9.62 Å². The molecule has 3 rings (SSSR count). The van der Waals surface area contributed by atoms with Crippen LogP contribution in [0.1, 0.15) is 69.9 Å². The number of hydrogen-bond acceptors (Lipinski definition) is 7. The third kappa shape index (κ3) is 8.26. The molecule has 0 aromatic heterocycles. The molecular weight excluding hydrogens is 531 g/mol. The number of nitrogens with zero attached hydrogens (tertiary/aromatic N) is 3. The van der Waals surface area contributed by atoms with E-state index in [2.05, 4.69) is 25.9 Å². The number of nitriles is 1. The maximum absolute atomic E-state index is 15.3. The number of methoxy groups -OCH3 is 1. The topological polar surface area (TPSA) is 103 Å². The summed E-state index contributed by atoms with van der Waals surface area (Å²) >= 11 is 0. The number of halogens is 1. The number of carbonyl (C=O) groups is 1. The molecule has 2 atom stereocenters. The molecule has 2 aromatic rings. The Balaban J connectivity index is 0.00000103. The predicted octanol–water partition coefficient (Wildman–Crippen LogP) is 5.05. The van der Waals surface area contributed by atoms with Gasteiger partial charge in [0.1, 0.15) is 17.5 Å². The van der Waals surface area contributed by atoms with Crippen molar-refractivity contribution < 1.29 is 22.3 Å². The maximum Gasteiger partial charge on any atom is 0.265 e. The average Bonchev–Trinajstić information content (AvgIpc) is 3.43. The zero-order valence-corrected chi connectivity index (χ0v) is 25.4. The van der Waals surface area contributed by atoms with Crippen molar-refractivity contribution in [2.75, 3.05) is 45.7 Å². The zero-order chi connectivity index (χ0) is 29.9. The Bertz CT molecular complexity index is 1260. The fourth-order valence-electron chi connectivity index (χ4n) is 4.62. The summed E-state index contributed by atoms with van der Waals surface area (Å²) in [5, 5.41) is 9.72. The molecule has 0 radical (unpaired) electrons. The average molecular weight is 575 g/mol. The third-order valence-corrected chi connectivity index (χ3v) is 8.72. The number of ether oxygens (including phenoxy) is 1. The standard InChI is InChI=1S/C26H32FN3O4S.C4H11N/c1-4-6-13-26(5-2,34-3)25(31)29-35(32,33)22-15-21(17-28)24(23(27)16-22)30-14-12-20(18-30)19-10-8-7-9-11-19;1-4-5(2)3/h7-11,15-16,20H,4-6,12-14,18H2,1-3H3,(H,29,31);4H2,1-3H3. The van der Waals surface area contributed by atoms with Gasteiger partial charge in [-0.05, 0) is 57.6 Å². The molecule has 40 heavy (non-hydrogen) atoms. The molecule has 1 N–H and O–H groups in total. The van der Waals surface area contributed by atoms with E-state index >= 15 is 4.39 Å². The molecule has 1 heterocycles. The summed E-state index contributed by atoms with van der Waals surface area (Å²) in [6.45, 7) is 8.02. The van der Waals surface area contributed by atoms with Gasteiger partial charge in [0.15, 0.2) is 0 Å². The van der Waals surface area contributed by atoms with Crippen LogP contribution in [0.2, 0.25) is 0 Å². The highest BCUT2D eigenvalue weighted by molar-refractivity contribution is 7.90. The van der Waals surface area contributed by atoms with Gasteiger partial charge in [0, 0.05) is 26.1 Å². The van der Waals surface area contributed by atoms with Crippen LogP contribution in [0.4, 0.5) is 10.1 Å². The molecule has 2 unspecified atom stereocenters. The van der Waals surface area contributed by atoms with Gasteiger partial charge in [-0.2, -0.15) is 5.26 Å². The Morgan fingerprint density at radius 3 is 2.40 bits per heavy atom. The number of anilines is 1. The normalized spacial score (nSPS) is 16.6. The van der Waals surface area contributed by atoms with Crippen molar-refractivity contribution in [3.05, 3.63) is 59.4 Å². The molecule has 0 aliphatic carbocycles. The van der Waals surface area contributed by atoms with Gasteiger partial charge in [-0.3, -0.25) is 4.79 Å². The Morgan fingerprint density at radius 1 is 1.23 bits per heavy atom. The lowest BCUT2D eigenvalue weighted by atomic mass is 9.93. The van der Waals surface area contributed by atoms with E-state index in [-0.39, 0.29) is 23.6 Å². The van der Waals surface area contributed by atoms with E-state index in [1.165, 1.54) is 7.11 Å². The molecule has 2 aromatic carbocycles. The molecule has 0 spiro atoms. The molecule has 220 valence electrons. The van der Waals surface area contributed by atoms with Crippen molar-refractivity contribution in [3.8, 4) is 6.07 Å². The third-order valence-electron chi connectivity index (χ3n) is 7.41. The molecule has 1 saturated heterocycles. The van der Waals surface area contributed by atoms with Crippen LogP contribution in [0.15, 0.2) is 47.4 Å². The number of carbonyl (C=O) groups excluding carboxylic acids is 1. The van der Waals surface area contributed by atoms with Gasteiger partial charge in [-0.15, -0.1) is 0 Å². The predicted molar refractivity (Wildman–Crippen MR) is 156 cm³/mol. The molecule has 1 aliphatic rings. The molecular formula is C30H43FN4O4S. The first kappa shape index (κ1) is 33.2. The molecule has 1 amide bonds. The molecule has 1 aliphatic heterocycles. The lowest BCUT2D eigenvalue weighted by Gasteiger charge is -2.29. The fraction of sp³-hybridized carbons (Fsp3) is 0.533. The van der Waals surface area contributed by atoms with Crippen LogP contribution in [-0.4, -0.2) is 65.7 Å². The van der Waals surface area contributed by atoms with Crippen molar-refractivity contribution in [2.24, 2.45) is 0 Å². The summed E-state index contributed by atoms with van der Waals surface area (Å²) in [5.74, 6) is -1.43. The summed E-state index contributed by atoms with van der Waals surface area (Å²) in [7, 11) is 1.05. The van der Waals surface area contributed by atoms with E-state index < -0.39 is 32.2 Å². The fourth-order valence-corrected chi connectivity index (χ4v) is 5.70. The quantitative estimate of drug-likeness (QED) is 0.401. The largest absolute Gasteiger partial charge is 0.368 e. The van der Waals surface area contributed by atoms with Crippen LogP contribution < -0.4 is 9.62 Å². The molecule has 0 saturated carbocycles. The second kappa shape index (κ2) is 15.1. The molecule has 10 heteroatoms. The van der Waals surface area contributed by atoms with Crippen LogP contribution in [0.25, 0.3) is 0 Å². The van der Waals surface area contributed by atoms with Crippen molar-refractivity contribution in [3.63, 3.8) is 0 Å². The van der Waals surface area contributed by atoms with Crippen molar-refractivity contribution in [2.45, 2.75) is 69.3 Å². The van der Waals surface area contributed by atoms with Crippen LogP contribution in [0.5, 0.6) is 0 Å². The first-order chi connectivity index (χ1) is 19.0. The highest BCUT2D eigenvalue weighted by Gasteiger charge is 2.39. The number of amides is 1. The minimum Gasteiger partial charge on any atom is -0.368 e. The van der Waals surface area contributed by atoms with E-state index in [1.54, 1.807) is 11.8 Å². The van der Waals surface area contributed by atoms with E-state index in [0.29, 0.717) is 25.9 Å². The summed E-state index contributed by atoms with van der Waals surface area (Å²) < 4.78 is 48.8. The zero-order valence-electron chi connectivity index (χ0n) is 24.5. The number of nitrogens with one attached hydrogen (secondary N) is 1. The Morgan fingerprint density at radius 2 is 1.88 bits per heavy atom. The van der Waals surface area contributed by atoms with Gasteiger partial charge < -0.3 is 14.5 Å². The molecule has 8 nitrogen and oxygen atoms in total. The van der Waals surface area contributed by atoms with Crippen LogP contribution in [0.3, 0.4) is 0 Å². The Kier molecular flexibility index (Phi) is 12.6. The summed E-state index contributed by atoms with van der Waals surface area (Å²) in [5.41, 5.74) is -0.178. The maximum atomic E-state index is 15.3. The van der Waals surface area contributed by atoms with Gasteiger partial charge in [0.2, 0.25) is 0 Å². The summed E-state index contributed by atoms with van der Waals surface area (Å²) in [6, 6.07) is 13.8. The Hall–Kier alpha value is -3.00. The SMILES string of the molecule is CCCCC(CC)(OC)C(=O)NS(=O)(=O)c1cc(F)c(N2CCC(c3ccccc3)C2)c(C#N)c1.CCN(C)C. The monoisotopic (exact) mass is 574 g/mol. The van der Waals surface area contributed by atoms with Gasteiger partial charge in [0.05, 0.1) is 16.1 Å². The number of rotatable bonds is 11. The smallest absolute Gasteiger partial charge is 0.265 e. The van der Waals surface area contributed by atoms with Gasteiger partial charge in [-0.1, -0.05) is 63.9 Å². The van der Waals surface area contributed by atoms with E-state index in [4.69, 9.17) is 4.74 Å². The molecule has 1 fully saturated rings. The highest BCUT2D eigenvalue weighted by Crippen LogP contribution is 2.35. The minimum atomic E-state index is -4.43. The van der Waals surface area contributed by atoms with E-state index in [9.17, 15) is 18.5 Å². The van der Waals surface area contributed by atoms with Gasteiger partial charge >= 0.3 is 0 Å². The first-order valence-corrected chi connectivity index (χ1v) is 15.3. The minimum absolute atomic E-state index is 0.0824. The van der Waals surface area contributed by atoms with Gasteiger partial charge in [-0.25, -0.2) is 17.5 Å². The van der Waals surface area contributed by atoms with Crippen molar-refractivity contribution in [1.29, 1.82) is 5.26 Å². The number of hydrogen-bond donors (Lipinski definition) is 1. The lowest BCUT2D eigenvalue weighted by Crippen LogP contribution is -2.49. The van der Waals surface area contributed by atoms with Gasteiger partial charge in [0.25, 0.3) is 15.9 Å². The lowest BCUT2D eigenvalue weighted by molar-refractivity contribution is -0.143. The Labute approximate surface area is 239 Å². The van der Waals surface area contributed by atoms with Crippen LogP contribution in [0, 0.1) is 17.1 Å². The van der Waals surface area contributed by atoms with Crippen LogP contribution >= 0.6 is 0 Å². The first-order valence-electron chi connectivity index (χ1n) is 13.8. The summed E-state index contributed by atoms with van der Waals surface area (Å²) in [4.78, 5) is 16.4. The number of sulfonamides is 1. The van der Waals surface area contributed by atoms with E-state index in [0.717, 1.165) is 37.1 Å². The van der Waals surface area contributed by atoms with Crippen molar-refractivity contribution >= 4 is 21.6 Å². The molecule has 0 bridgehead atoms. The second-order valence-electron chi connectivity index (χ2n) is 10.2. The van der Waals surface area contributed by atoms with E-state index in [1.807, 2.05) is 48.0 Å². The second-order valence-corrected chi connectivity index (χ2v) is 11.9. The highest BCUT2D eigenvalue weighted by atomic mass is 32.2. The van der Waals surface area contributed by atoms with Crippen LogP contribution in [-0.2, 0) is 19.6 Å². The number of unbranched alkanes of at least 4 members (excludes halogenated alkanes) is 1. The number of benzene rings is 2. The summed E-state index contributed by atoms with van der Waals surface area (Å²) in [6.07, 6.45) is 2.91.